The summed E-state index contributed by atoms with van der Waals surface area (Å²) in [4.78, 5) is 28.5. The van der Waals surface area contributed by atoms with Crippen molar-refractivity contribution in [1.82, 2.24) is 9.88 Å². The zero-order valence-electron chi connectivity index (χ0n) is 9.84. The van der Waals surface area contributed by atoms with Crippen molar-refractivity contribution < 1.29 is 14.7 Å². The first-order valence-corrected chi connectivity index (χ1v) is 6.00. The lowest BCUT2D eigenvalue weighted by Crippen LogP contribution is -2.30. The number of carboxylic acid groups (broad SMARTS) is 1. The van der Waals surface area contributed by atoms with Gasteiger partial charge in [0.25, 0.3) is 5.91 Å². The standard InChI is InChI=1S/C12H13ClN2O3/c1-7-5-15(6-9(7)12(17)18)11(16)8-2-3-10(13)14-4-8/h2-4,7,9H,5-6H2,1H3,(H,17,18). The first kappa shape index (κ1) is 12.8. The molecule has 1 amide bonds. The van der Waals surface area contributed by atoms with Crippen molar-refractivity contribution in [2.24, 2.45) is 11.8 Å². The molecule has 2 heterocycles. The van der Waals surface area contributed by atoms with Crippen LogP contribution in [0, 0.1) is 11.8 Å². The molecule has 1 aromatic heterocycles. The van der Waals surface area contributed by atoms with E-state index in [9.17, 15) is 9.59 Å². The summed E-state index contributed by atoms with van der Waals surface area (Å²) in [6.45, 7) is 2.54. The van der Waals surface area contributed by atoms with Crippen molar-refractivity contribution in [3.05, 3.63) is 29.0 Å². The number of carbonyl (C=O) groups excluding carboxylic acids is 1. The third-order valence-electron chi connectivity index (χ3n) is 3.19. The van der Waals surface area contributed by atoms with Crippen molar-refractivity contribution in [3.63, 3.8) is 0 Å². The SMILES string of the molecule is CC1CN(C(=O)c2ccc(Cl)nc2)CC1C(=O)O. The van der Waals surface area contributed by atoms with E-state index in [1.165, 1.54) is 6.20 Å². The van der Waals surface area contributed by atoms with Crippen LogP contribution in [0.1, 0.15) is 17.3 Å². The largest absolute Gasteiger partial charge is 0.481 e. The van der Waals surface area contributed by atoms with Gasteiger partial charge in [-0.25, -0.2) is 4.98 Å². The number of aliphatic carboxylic acids is 1. The number of carbonyl (C=O) groups is 2. The Morgan fingerprint density at radius 1 is 1.44 bits per heavy atom. The molecule has 1 aliphatic rings. The van der Waals surface area contributed by atoms with E-state index in [-0.39, 0.29) is 18.4 Å². The predicted octanol–water partition coefficient (Wildman–Crippen LogP) is 1.53. The molecule has 1 fully saturated rings. The summed E-state index contributed by atoms with van der Waals surface area (Å²) in [5.41, 5.74) is 0.428. The van der Waals surface area contributed by atoms with Gasteiger partial charge in [-0.15, -0.1) is 0 Å². The minimum absolute atomic E-state index is 0.0355. The molecule has 0 spiro atoms. The molecule has 2 unspecified atom stereocenters. The lowest BCUT2D eigenvalue weighted by molar-refractivity contribution is -0.142. The van der Waals surface area contributed by atoms with Crippen LogP contribution in [0.2, 0.25) is 5.15 Å². The highest BCUT2D eigenvalue weighted by atomic mass is 35.5. The molecule has 0 bridgehead atoms. The Morgan fingerprint density at radius 2 is 2.17 bits per heavy atom. The highest BCUT2D eigenvalue weighted by Gasteiger charge is 2.37. The van der Waals surface area contributed by atoms with Crippen molar-refractivity contribution in [2.75, 3.05) is 13.1 Å². The number of likely N-dealkylation sites (tertiary alicyclic amines) is 1. The first-order chi connectivity index (χ1) is 8.49. The van der Waals surface area contributed by atoms with Crippen LogP contribution >= 0.6 is 11.6 Å². The maximum Gasteiger partial charge on any atom is 0.308 e. The molecule has 2 rings (SSSR count). The maximum absolute atomic E-state index is 12.1. The minimum atomic E-state index is -0.855. The van der Waals surface area contributed by atoms with Crippen LogP contribution in [0.15, 0.2) is 18.3 Å². The van der Waals surface area contributed by atoms with Crippen LogP contribution in [0.3, 0.4) is 0 Å². The van der Waals surface area contributed by atoms with E-state index in [4.69, 9.17) is 16.7 Å². The molecule has 1 aliphatic heterocycles. The average molecular weight is 269 g/mol. The maximum atomic E-state index is 12.1. The summed E-state index contributed by atoms with van der Waals surface area (Å²) in [7, 11) is 0. The van der Waals surface area contributed by atoms with Gasteiger partial charge in [-0.05, 0) is 18.1 Å². The van der Waals surface area contributed by atoms with Crippen molar-refractivity contribution >= 4 is 23.5 Å². The highest BCUT2D eigenvalue weighted by molar-refractivity contribution is 6.29. The lowest BCUT2D eigenvalue weighted by Gasteiger charge is -2.15. The quantitative estimate of drug-likeness (QED) is 0.826. The number of carboxylic acids is 1. The van der Waals surface area contributed by atoms with Gasteiger partial charge in [-0.1, -0.05) is 18.5 Å². The molecular formula is C12H13ClN2O3. The molecule has 1 aromatic rings. The van der Waals surface area contributed by atoms with Crippen LogP contribution in [-0.4, -0.2) is 40.0 Å². The first-order valence-electron chi connectivity index (χ1n) is 5.62. The number of hydrogen-bond donors (Lipinski definition) is 1. The van der Waals surface area contributed by atoms with Crippen LogP contribution in [0.25, 0.3) is 0 Å². The fraction of sp³-hybridized carbons (Fsp3) is 0.417. The zero-order chi connectivity index (χ0) is 13.3. The molecule has 0 aliphatic carbocycles. The second kappa shape index (κ2) is 4.94. The number of pyridine rings is 1. The summed E-state index contributed by atoms with van der Waals surface area (Å²) < 4.78 is 0. The molecule has 1 N–H and O–H groups in total. The van der Waals surface area contributed by atoms with E-state index >= 15 is 0 Å². The Labute approximate surface area is 109 Å². The molecule has 0 aromatic carbocycles. The topological polar surface area (TPSA) is 70.5 Å². The molecule has 5 nitrogen and oxygen atoms in total. The van der Waals surface area contributed by atoms with E-state index in [0.717, 1.165) is 0 Å². The molecule has 0 saturated carbocycles. The van der Waals surface area contributed by atoms with E-state index in [2.05, 4.69) is 4.98 Å². The van der Waals surface area contributed by atoms with Gasteiger partial charge in [0, 0.05) is 19.3 Å². The third kappa shape index (κ3) is 2.46. The number of halogens is 1. The number of nitrogens with zero attached hydrogens (tertiary/aromatic N) is 2. The van der Waals surface area contributed by atoms with Gasteiger partial charge in [0.1, 0.15) is 5.15 Å². The van der Waals surface area contributed by atoms with Crippen molar-refractivity contribution in [1.29, 1.82) is 0 Å². The molecule has 6 heteroatoms. The van der Waals surface area contributed by atoms with E-state index in [0.29, 0.717) is 17.3 Å². The monoisotopic (exact) mass is 268 g/mol. The summed E-state index contributed by atoms with van der Waals surface area (Å²) >= 11 is 5.65. The minimum Gasteiger partial charge on any atom is -0.481 e. The van der Waals surface area contributed by atoms with E-state index < -0.39 is 11.9 Å². The fourth-order valence-corrected chi connectivity index (χ4v) is 2.25. The number of hydrogen-bond acceptors (Lipinski definition) is 3. The third-order valence-corrected chi connectivity index (χ3v) is 3.41. The van der Waals surface area contributed by atoms with E-state index in [1.54, 1.807) is 17.0 Å². The van der Waals surface area contributed by atoms with Gasteiger partial charge in [0.05, 0.1) is 11.5 Å². The number of amides is 1. The van der Waals surface area contributed by atoms with Gasteiger partial charge >= 0.3 is 5.97 Å². The second-order valence-corrected chi connectivity index (χ2v) is 4.89. The number of aromatic nitrogens is 1. The van der Waals surface area contributed by atoms with E-state index in [1.807, 2.05) is 6.92 Å². The molecule has 96 valence electrons. The lowest BCUT2D eigenvalue weighted by atomic mass is 9.99. The van der Waals surface area contributed by atoms with Crippen LogP contribution in [0.4, 0.5) is 0 Å². The van der Waals surface area contributed by atoms with Crippen LogP contribution < -0.4 is 0 Å². The van der Waals surface area contributed by atoms with Gasteiger partial charge in [-0.2, -0.15) is 0 Å². The highest BCUT2D eigenvalue weighted by Crippen LogP contribution is 2.24. The Bertz CT molecular complexity index is 475. The molecular weight excluding hydrogens is 256 g/mol. The normalized spacial score (nSPS) is 23.1. The summed E-state index contributed by atoms with van der Waals surface area (Å²) in [5, 5.41) is 9.35. The molecule has 0 radical (unpaired) electrons. The Morgan fingerprint density at radius 3 is 2.67 bits per heavy atom. The average Bonchev–Trinajstić information content (AvgIpc) is 2.71. The summed E-state index contributed by atoms with van der Waals surface area (Å²) in [6, 6.07) is 3.14. The number of rotatable bonds is 2. The van der Waals surface area contributed by atoms with Gasteiger partial charge in [0.2, 0.25) is 0 Å². The van der Waals surface area contributed by atoms with Gasteiger partial charge in [0.15, 0.2) is 0 Å². The zero-order valence-corrected chi connectivity index (χ0v) is 10.6. The van der Waals surface area contributed by atoms with Crippen LogP contribution in [-0.2, 0) is 4.79 Å². The Hall–Kier alpha value is -1.62. The predicted molar refractivity (Wildman–Crippen MR) is 65.4 cm³/mol. The Kier molecular flexibility index (Phi) is 3.52. The Balaban J connectivity index is 2.12. The van der Waals surface area contributed by atoms with Crippen LogP contribution in [0.5, 0.6) is 0 Å². The molecule has 2 atom stereocenters. The molecule has 18 heavy (non-hydrogen) atoms. The van der Waals surface area contributed by atoms with Gasteiger partial charge in [-0.3, -0.25) is 9.59 Å². The summed E-state index contributed by atoms with van der Waals surface area (Å²) in [5.74, 6) is -1.58. The van der Waals surface area contributed by atoms with Crippen molar-refractivity contribution in [2.45, 2.75) is 6.92 Å². The smallest absolute Gasteiger partial charge is 0.308 e. The van der Waals surface area contributed by atoms with Crippen molar-refractivity contribution in [3.8, 4) is 0 Å². The second-order valence-electron chi connectivity index (χ2n) is 4.50. The molecule has 1 saturated heterocycles. The fourth-order valence-electron chi connectivity index (χ4n) is 2.14. The summed E-state index contributed by atoms with van der Waals surface area (Å²) in [6.07, 6.45) is 1.41. The van der Waals surface area contributed by atoms with Gasteiger partial charge < -0.3 is 10.0 Å².